The Bertz CT molecular complexity index is 487. The van der Waals surface area contributed by atoms with Gasteiger partial charge in [-0.15, -0.1) is 0 Å². The Labute approximate surface area is 123 Å². The van der Waals surface area contributed by atoms with Gasteiger partial charge < -0.3 is 5.11 Å². The first-order valence-electron chi connectivity index (χ1n) is 6.64. The predicted molar refractivity (Wildman–Crippen MR) is 79.5 cm³/mol. The Morgan fingerprint density at radius 3 is 2.55 bits per heavy atom. The molecule has 20 heavy (non-hydrogen) atoms. The van der Waals surface area contributed by atoms with Crippen LogP contribution in [0.1, 0.15) is 24.8 Å². The van der Waals surface area contributed by atoms with Crippen molar-refractivity contribution in [2.45, 2.75) is 30.6 Å². The van der Waals surface area contributed by atoms with Crippen molar-refractivity contribution in [3.05, 3.63) is 35.9 Å². The molecule has 0 aromatic heterocycles. The fourth-order valence-corrected chi connectivity index (χ4v) is 3.28. The fraction of sp³-hybridized carbons (Fsp3) is 0.467. The molecule has 1 heterocycles. The van der Waals surface area contributed by atoms with Crippen molar-refractivity contribution in [3.8, 4) is 0 Å². The summed E-state index contributed by atoms with van der Waals surface area (Å²) in [5.41, 5.74) is 0.880. The maximum absolute atomic E-state index is 12.5. The average Bonchev–Trinajstić information content (AvgIpc) is 2.76. The number of carbonyl (C=O) groups excluding carboxylic acids is 2. The number of aliphatic hydroxyl groups is 1. The van der Waals surface area contributed by atoms with Gasteiger partial charge in [0.15, 0.2) is 0 Å². The van der Waals surface area contributed by atoms with E-state index in [-0.39, 0.29) is 42.1 Å². The molecular weight excluding hydrogens is 274 g/mol. The number of carbonyl (C=O) groups is 2. The molecule has 1 saturated heterocycles. The standard InChI is InChI=1S/C15H19NO3S/c1-10(13(9-17)20-2)16-14(18)8-12(15(16)19)11-6-4-3-5-7-11/h3-7,10,12-13,17H,8-9H2,1-2H3. The first-order chi connectivity index (χ1) is 9.60. The van der Waals surface area contributed by atoms with E-state index >= 15 is 0 Å². The Hall–Kier alpha value is -1.33. The number of likely N-dealkylation sites (tertiary alicyclic amines) is 1. The molecule has 2 rings (SSSR count). The summed E-state index contributed by atoms with van der Waals surface area (Å²) in [5, 5.41) is 9.20. The molecule has 108 valence electrons. The Morgan fingerprint density at radius 1 is 1.35 bits per heavy atom. The van der Waals surface area contributed by atoms with Crippen molar-refractivity contribution < 1.29 is 14.7 Å². The third-order valence-electron chi connectivity index (χ3n) is 3.81. The Balaban J connectivity index is 2.21. The number of rotatable bonds is 5. The molecule has 2 amide bonds. The largest absolute Gasteiger partial charge is 0.395 e. The van der Waals surface area contributed by atoms with Crippen LogP contribution >= 0.6 is 11.8 Å². The summed E-state index contributed by atoms with van der Waals surface area (Å²) in [6, 6.07) is 9.10. The van der Waals surface area contributed by atoms with Gasteiger partial charge in [0.25, 0.3) is 0 Å². The number of aliphatic hydroxyl groups excluding tert-OH is 1. The van der Waals surface area contributed by atoms with Crippen LogP contribution in [0.25, 0.3) is 0 Å². The highest BCUT2D eigenvalue weighted by molar-refractivity contribution is 7.99. The van der Waals surface area contributed by atoms with Gasteiger partial charge in [-0.05, 0) is 18.7 Å². The highest BCUT2D eigenvalue weighted by Gasteiger charge is 2.43. The monoisotopic (exact) mass is 293 g/mol. The van der Waals surface area contributed by atoms with Crippen molar-refractivity contribution in [3.63, 3.8) is 0 Å². The predicted octanol–water partition coefficient (Wildman–Crippen LogP) is 1.64. The van der Waals surface area contributed by atoms with E-state index in [1.807, 2.05) is 43.5 Å². The number of benzene rings is 1. The number of hydrogen-bond donors (Lipinski definition) is 1. The maximum Gasteiger partial charge on any atom is 0.237 e. The van der Waals surface area contributed by atoms with Gasteiger partial charge >= 0.3 is 0 Å². The summed E-state index contributed by atoms with van der Waals surface area (Å²) in [6.45, 7) is 1.77. The molecule has 0 spiro atoms. The van der Waals surface area contributed by atoms with E-state index in [4.69, 9.17) is 0 Å². The molecule has 0 saturated carbocycles. The smallest absolute Gasteiger partial charge is 0.237 e. The number of hydrogen-bond acceptors (Lipinski definition) is 4. The van der Waals surface area contributed by atoms with Crippen molar-refractivity contribution in [2.24, 2.45) is 0 Å². The van der Waals surface area contributed by atoms with Gasteiger partial charge in [-0.1, -0.05) is 30.3 Å². The van der Waals surface area contributed by atoms with E-state index in [1.54, 1.807) is 0 Å². The third kappa shape index (κ3) is 2.74. The SMILES string of the molecule is CSC(CO)C(C)N1C(=O)CC(c2ccccc2)C1=O. The van der Waals surface area contributed by atoms with Gasteiger partial charge in [0.05, 0.1) is 18.6 Å². The van der Waals surface area contributed by atoms with E-state index in [9.17, 15) is 14.7 Å². The lowest BCUT2D eigenvalue weighted by atomic mass is 9.98. The molecular formula is C15H19NO3S. The van der Waals surface area contributed by atoms with E-state index in [0.717, 1.165) is 5.56 Å². The lowest BCUT2D eigenvalue weighted by Gasteiger charge is -2.28. The van der Waals surface area contributed by atoms with Crippen molar-refractivity contribution in [2.75, 3.05) is 12.9 Å². The molecule has 3 unspecified atom stereocenters. The highest BCUT2D eigenvalue weighted by atomic mass is 32.2. The van der Waals surface area contributed by atoms with Gasteiger partial charge in [0, 0.05) is 11.7 Å². The van der Waals surface area contributed by atoms with Crippen molar-refractivity contribution >= 4 is 23.6 Å². The van der Waals surface area contributed by atoms with Crippen LogP contribution in [0.2, 0.25) is 0 Å². The first-order valence-corrected chi connectivity index (χ1v) is 7.93. The van der Waals surface area contributed by atoms with Gasteiger partial charge in [0.2, 0.25) is 11.8 Å². The quantitative estimate of drug-likeness (QED) is 0.839. The second-order valence-electron chi connectivity index (χ2n) is 4.97. The molecule has 0 aliphatic carbocycles. The normalized spacial score (nSPS) is 22.1. The summed E-state index contributed by atoms with van der Waals surface area (Å²) in [4.78, 5) is 26.0. The second-order valence-corrected chi connectivity index (χ2v) is 6.04. The topological polar surface area (TPSA) is 57.6 Å². The van der Waals surface area contributed by atoms with Crippen molar-refractivity contribution in [1.82, 2.24) is 4.90 Å². The zero-order valence-electron chi connectivity index (χ0n) is 11.7. The molecule has 1 N–H and O–H groups in total. The third-order valence-corrected chi connectivity index (χ3v) is 4.96. The van der Waals surface area contributed by atoms with Crippen LogP contribution in [0.4, 0.5) is 0 Å². The van der Waals surface area contributed by atoms with Gasteiger partial charge in [-0.2, -0.15) is 11.8 Å². The molecule has 4 nitrogen and oxygen atoms in total. The average molecular weight is 293 g/mol. The van der Waals surface area contributed by atoms with E-state index in [1.165, 1.54) is 16.7 Å². The summed E-state index contributed by atoms with van der Waals surface area (Å²) < 4.78 is 0. The fourth-order valence-electron chi connectivity index (χ4n) is 2.61. The number of nitrogens with zero attached hydrogens (tertiary/aromatic N) is 1. The second kappa shape index (κ2) is 6.41. The molecule has 5 heteroatoms. The Kier molecular flexibility index (Phi) is 4.83. The minimum Gasteiger partial charge on any atom is -0.395 e. The molecule has 0 bridgehead atoms. The molecule has 1 aromatic rings. The zero-order chi connectivity index (χ0) is 14.7. The lowest BCUT2D eigenvalue weighted by molar-refractivity contribution is -0.141. The highest BCUT2D eigenvalue weighted by Crippen LogP contribution is 2.32. The van der Waals surface area contributed by atoms with Crippen LogP contribution in [0.15, 0.2) is 30.3 Å². The Morgan fingerprint density at radius 2 is 2.00 bits per heavy atom. The van der Waals surface area contributed by atoms with E-state index in [2.05, 4.69) is 0 Å². The van der Waals surface area contributed by atoms with Crippen LogP contribution in [-0.4, -0.2) is 46.0 Å². The van der Waals surface area contributed by atoms with Crippen LogP contribution in [0.5, 0.6) is 0 Å². The van der Waals surface area contributed by atoms with Crippen molar-refractivity contribution in [1.29, 1.82) is 0 Å². The van der Waals surface area contributed by atoms with E-state index < -0.39 is 0 Å². The molecule has 3 atom stereocenters. The minimum absolute atomic E-state index is 0.0462. The summed E-state index contributed by atoms with van der Waals surface area (Å²) in [6.07, 6.45) is 2.09. The van der Waals surface area contributed by atoms with E-state index in [0.29, 0.717) is 0 Å². The minimum atomic E-state index is -0.382. The van der Waals surface area contributed by atoms with Gasteiger partial charge in [0.1, 0.15) is 0 Å². The van der Waals surface area contributed by atoms with Gasteiger partial charge in [-0.3, -0.25) is 14.5 Å². The molecule has 1 aromatic carbocycles. The number of amides is 2. The molecule has 0 radical (unpaired) electrons. The van der Waals surface area contributed by atoms with Crippen LogP contribution in [-0.2, 0) is 9.59 Å². The number of imide groups is 1. The molecule has 1 fully saturated rings. The lowest BCUT2D eigenvalue weighted by Crippen LogP contribution is -2.45. The summed E-state index contributed by atoms with van der Waals surface area (Å²) in [5.74, 6) is -0.683. The molecule has 1 aliphatic heterocycles. The van der Waals surface area contributed by atoms with Crippen LogP contribution in [0.3, 0.4) is 0 Å². The van der Waals surface area contributed by atoms with Gasteiger partial charge in [-0.25, -0.2) is 0 Å². The zero-order valence-corrected chi connectivity index (χ0v) is 12.5. The summed E-state index contributed by atoms with van der Waals surface area (Å²) >= 11 is 1.47. The van der Waals surface area contributed by atoms with Crippen LogP contribution in [0, 0.1) is 0 Å². The summed E-state index contributed by atoms with van der Waals surface area (Å²) in [7, 11) is 0. The maximum atomic E-state index is 12.5. The molecule has 1 aliphatic rings. The first kappa shape index (κ1) is 15.1. The van der Waals surface area contributed by atoms with Crippen LogP contribution < -0.4 is 0 Å². The number of thioether (sulfide) groups is 1.